The number of rotatable bonds is 26. The van der Waals surface area contributed by atoms with Crippen LogP contribution in [0, 0.1) is 6.92 Å². The second-order valence-electron chi connectivity index (χ2n) is 14.0. The van der Waals surface area contributed by atoms with Gasteiger partial charge in [0.1, 0.15) is 6.04 Å². The molecular weight excluding hydrogens is 648 g/mol. The van der Waals surface area contributed by atoms with Crippen LogP contribution in [0.4, 0.5) is 0 Å². The van der Waals surface area contributed by atoms with Gasteiger partial charge in [0.2, 0.25) is 17.7 Å². The van der Waals surface area contributed by atoms with Crippen molar-refractivity contribution in [3.63, 3.8) is 0 Å². The van der Waals surface area contributed by atoms with E-state index in [0.29, 0.717) is 45.1 Å². The number of aliphatic carboxylic acids is 3. The molecule has 1 aromatic rings. The van der Waals surface area contributed by atoms with Gasteiger partial charge in [0.05, 0.1) is 37.1 Å². The Morgan fingerprint density at radius 2 is 1.24 bits per heavy atom. The number of amides is 3. The number of unbranched alkanes of at least 4 members (excludes halogenated alkanes) is 2. The number of nitrogens with one attached hydrogen (secondary N) is 1. The van der Waals surface area contributed by atoms with Crippen LogP contribution in [0.15, 0.2) is 24.3 Å². The molecule has 3 amide bonds. The van der Waals surface area contributed by atoms with Crippen molar-refractivity contribution < 1.29 is 48.8 Å². The topological polar surface area (TPSA) is 217 Å². The van der Waals surface area contributed by atoms with Crippen molar-refractivity contribution in [1.82, 2.24) is 15.1 Å². The number of benzene rings is 1. The van der Waals surface area contributed by atoms with Gasteiger partial charge in [-0.2, -0.15) is 0 Å². The fourth-order valence-electron chi connectivity index (χ4n) is 5.42. The molecule has 14 heteroatoms. The Labute approximate surface area is 295 Å². The molecule has 0 spiro atoms. The molecule has 0 fully saturated rings. The maximum absolute atomic E-state index is 13.4. The molecule has 50 heavy (non-hydrogen) atoms. The molecule has 0 aliphatic heterocycles. The SMILES string of the molecule is Cc1ccc(CCC(=O)N(CCC(=O)O)C(C)(C)COCC(C)(C)N(CCC(=O)O)C(=O)CCCCC(=O)NCCCCC(N)C(=O)O)cc1. The highest BCUT2D eigenvalue weighted by Crippen LogP contribution is 2.22. The molecule has 282 valence electrons. The fraction of sp³-hybridized carbons (Fsp3) is 0.667. The maximum atomic E-state index is 13.4. The number of hydrogen-bond donors (Lipinski definition) is 5. The summed E-state index contributed by atoms with van der Waals surface area (Å²) in [5.74, 6) is -3.79. The molecule has 0 aliphatic carbocycles. The van der Waals surface area contributed by atoms with E-state index in [0.717, 1.165) is 11.1 Å². The maximum Gasteiger partial charge on any atom is 0.320 e. The summed E-state index contributed by atoms with van der Waals surface area (Å²) in [6.07, 6.45) is 2.87. The minimum absolute atomic E-state index is 0.00452. The van der Waals surface area contributed by atoms with Gasteiger partial charge in [0, 0.05) is 38.9 Å². The van der Waals surface area contributed by atoms with E-state index in [1.165, 1.54) is 9.80 Å². The molecule has 1 atom stereocenters. The lowest BCUT2D eigenvalue weighted by Gasteiger charge is -2.41. The Bertz CT molecular complexity index is 1270. The van der Waals surface area contributed by atoms with Gasteiger partial charge in [0.15, 0.2) is 0 Å². The van der Waals surface area contributed by atoms with Gasteiger partial charge in [-0.1, -0.05) is 29.8 Å². The van der Waals surface area contributed by atoms with Crippen LogP contribution in [0.1, 0.15) is 103 Å². The van der Waals surface area contributed by atoms with E-state index in [4.69, 9.17) is 15.6 Å². The first kappa shape index (κ1) is 44.0. The van der Waals surface area contributed by atoms with Crippen molar-refractivity contribution in [2.75, 3.05) is 32.8 Å². The zero-order valence-corrected chi connectivity index (χ0v) is 30.4. The van der Waals surface area contributed by atoms with Gasteiger partial charge in [-0.15, -0.1) is 0 Å². The normalized spacial score (nSPS) is 12.2. The van der Waals surface area contributed by atoms with Gasteiger partial charge in [-0.05, 0) is 78.7 Å². The lowest BCUT2D eigenvalue weighted by molar-refractivity contribution is -0.145. The van der Waals surface area contributed by atoms with E-state index in [-0.39, 0.29) is 76.1 Å². The van der Waals surface area contributed by atoms with Crippen LogP contribution in [0.3, 0.4) is 0 Å². The molecule has 0 aromatic heterocycles. The number of aryl methyl sites for hydroxylation is 2. The molecule has 0 saturated carbocycles. The van der Waals surface area contributed by atoms with Crippen LogP contribution in [0.25, 0.3) is 0 Å². The quantitative estimate of drug-likeness (QED) is 0.0880. The highest BCUT2D eigenvalue weighted by molar-refractivity contribution is 5.79. The largest absolute Gasteiger partial charge is 0.481 e. The minimum atomic E-state index is -1.06. The van der Waals surface area contributed by atoms with Crippen molar-refractivity contribution >= 4 is 35.6 Å². The standard InChI is InChI=1S/C36H58N4O10/c1-26-13-15-27(16-14-26)17-18-31(43)40(23-20-33(46)47)36(4,5)25-50-24-35(2,3)39(22-19-32(44)45)30(42)12-7-6-11-29(41)38-21-9-8-10-28(37)34(48)49/h13-16,28H,6-12,17-25,37H2,1-5H3,(H,38,41)(H,44,45)(H,46,47)(H,48,49). The lowest BCUT2D eigenvalue weighted by Crippen LogP contribution is -2.54. The number of ether oxygens (including phenoxy) is 1. The molecule has 14 nitrogen and oxygen atoms in total. The number of carboxylic acids is 3. The van der Waals surface area contributed by atoms with E-state index in [2.05, 4.69) is 5.32 Å². The molecule has 0 bridgehead atoms. The van der Waals surface area contributed by atoms with Crippen molar-refractivity contribution in [2.45, 2.75) is 122 Å². The number of carbonyl (C=O) groups is 6. The Kier molecular flexibility index (Phi) is 19.3. The highest BCUT2D eigenvalue weighted by Gasteiger charge is 2.35. The smallest absolute Gasteiger partial charge is 0.320 e. The predicted octanol–water partition coefficient (Wildman–Crippen LogP) is 3.37. The third-order valence-corrected chi connectivity index (χ3v) is 8.45. The summed E-state index contributed by atoms with van der Waals surface area (Å²) in [5.41, 5.74) is 5.79. The molecule has 1 unspecified atom stereocenters. The zero-order valence-electron chi connectivity index (χ0n) is 30.4. The number of carboxylic acid groups (broad SMARTS) is 3. The van der Waals surface area contributed by atoms with Crippen LogP contribution in [-0.2, 0) is 39.9 Å². The highest BCUT2D eigenvalue weighted by atomic mass is 16.5. The molecule has 0 aliphatic rings. The predicted molar refractivity (Wildman–Crippen MR) is 187 cm³/mol. The summed E-state index contributed by atoms with van der Waals surface area (Å²) in [7, 11) is 0. The Balaban J connectivity index is 2.74. The van der Waals surface area contributed by atoms with E-state index in [1.54, 1.807) is 27.7 Å². The minimum Gasteiger partial charge on any atom is -0.481 e. The van der Waals surface area contributed by atoms with Crippen molar-refractivity contribution in [3.05, 3.63) is 35.4 Å². The molecular formula is C36H58N4O10. The van der Waals surface area contributed by atoms with Gasteiger partial charge in [-0.25, -0.2) is 0 Å². The molecule has 1 aromatic carbocycles. The van der Waals surface area contributed by atoms with Crippen LogP contribution in [0.5, 0.6) is 0 Å². The molecule has 0 heterocycles. The van der Waals surface area contributed by atoms with E-state index in [9.17, 15) is 39.0 Å². The second-order valence-corrected chi connectivity index (χ2v) is 14.0. The average molecular weight is 707 g/mol. The van der Waals surface area contributed by atoms with Gasteiger partial charge in [-0.3, -0.25) is 28.8 Å². The lowest BCUT2D eigenvalue weighted by atomic mass is 10.00. The summed E-state index contributed by atoms with van der Waals surface area (Å²) in [4.78, 5) is 75.4. The molecule has 0 saturated heterocycles. The van der Waals surface area contributed by atoms with Gasteiger partial charge >= 0.3 is 17.9 Å². The Hall–Kier alpha value is -4.04. The van der Waals surface area contributed by atoms with Crippen LogP contribution in [0.2, 0.25) is 0 Å². The van der Waals surface area contributed by atoms with Gasteiger partial charge in [0.25, 0.3) is 0 Å². The third kappa shape index (κ3) is 17.6. The van der Waals surface area contributed by atoms with Crippen molar-refractivity contribution in [2.24, 2.45) is 5.73 Å². The molecule has 1 rings (SSSR count). The first-order chi connectivity index (χ1) is 23.4. The van der Waals surface area contributed by atoms with E-state index >= 15 is 0 Å². The summed E-state index contributed by atoms with van der Waals surface area (Å²) in [6, 6.07) is 6.95. The number of nitrogens with zero attached hydrogens (tertiary/aromatic N) is 2. The number of carbonyl (C=O) groups excluding carboxylic acids is 3. The van der Waals surface area contributed by atoms with E-state index < -0.39 is 35.0 Å². The third-order valence-electron chi connectivity index (χ3n) is 8.45. The Morgan fingerprint density at radius 3 is 1.74 bits per heavy atom. The van der Waals surface area contributed by atoms with Crippen LogP contribution in [-0.4, -0.2) is 111 Å². The number of nitrogens with two attached hydrogens (primary N) is 1. The van der Waals surface area contributed by atoms with Crippen molar-refractivity contribution in [3.8, 4) is 0 Å². The summed E-state index contributed by atoms with van der Waals surface area (Å²) in [5, 5.41) is 30.3. The summed E-state index contributed by atoms with van der Waals surface area (Å²) in [6.45, 7) is 9.56. The van der Waals surface area contributed by atoms with E-state index in [1.807, 2.05) is 31.2 Å². The van der Waals surface area contributed by atoms with Gasteiger partial charge < -0.3 is 40.9 Å². The molecule has 0 radical (unpaired) electrons. The van der Waals surface area contributed by atoms with Crippen molar-refractivity contribution in [1.29, 1.82) is 0 Å². The fourth-order valence-corrected chi connectivity index (χ4v) is 5.42. The second kappa shape index (κ2) is 21.9. The first-order valence-corrected chi connectivity index (χ1v) is 17.3. The van der Waals surface area contributed by atoms with Crippen LogP contribution >= 0.6 is 0 Å². The van der Waals surface area contributed by atoms with Crippen LogP contribution < -0.4 is 11.1 Å². The summed E-state index contributed by atoms with van der Waals surface area (Å²) >= 11 is 0. The zero-order chi connectivity index (χ0) is 37.9. The average Bonchev–Trinajstić information content (AvgIpc) is 3.01. The number of hydrogen-bond acceptors (Lipinski definition) is 8. The molecule has 6 N–H and O–H groups in total. The Morgan fingerprint density at radius 1 is 0.740 bits per heavy atom. The monoisotopic (exact) mass is 706 g/mol. The summed E-state index contributed by atoms with van der Waals surface area (Å²) < 4.78 is 6.08. The first-order valence-electron chi connectivity index (χ1n) is 17.3.